The Balaban J connectivity index is 1.73. The Labute approximate surface area is 142 Å². The first-order chi connectivity index (χ1) is 11.6. The third-order valence-electron chi connectivity index (χ3n) is 4.96. The van der Waals surface area contributed by atoms with Crippen molar-refractivity contribution < 1.29 is 9.69 Å². The molecule has 1 fully saturated rings. The van der Waals surface area contributed by atoms with Crippen molar-refractivity contribution in [3.63, 3.8) is 0 Å². The molecule has 1 amide bonds. The van der Waals surface area contributed by atoms with Crippen LogP contribution in [0, 0.1) is 11.3 Å². The second-order valence-electron chi connectivity index (χ2n) is 6.47. The maximum atomic E-state index is 12.7. The summed E-state index contributed by atoms with van der Waals surface area (Å²) in [6.45, 7) is 2.99. The Morgan fingerprint density at radius 2 is 2.25 bits per heavy atom. The molecule has 0 spiro atoms. The molecule has 2 aromatic rings. The highest BCUT2D eigenvalue weighted by Crippen LogP contribution is 2.20. The minimum Gasteiger partial charge on any atom is -0.350 e. The van der Waals surface area contributed by atoms with Crippen molar-refractivity contribution in [2.75, 3.05) is 11.9 Å². The van der Waals surface area contributed by atoms with Gasteiger partial charge in [0.2, 0.25) is 0 Å². The molecule has 1 aromatic carbocycles. The van der Waals surface area contributed by atoms with Gasteiger partial charge in [-0.2, -0.15) is 5.26 Å². The molecule has 24 heavy (non-hydrogen) atoms. The van der Waals surface area contributed by atoms with Crippen molar-refractivity contribution in [3.05, 3.63) is 53.9 Å². The van der Waals surface area contributed by atoms with Gasteiger partial charge in [0.05, 0.1) is 23.9 Å². The molecule has 0 saturated carbocycles. The number of hydrogen-bond donors (Lipinski definition) is 2. The molecular weight excluding hydrogens is 300 g/mol. The number of quaternary nitrogens is 1. The molecule has 1 aliphatic heterocycles. The Morgan fingerprint density at radius 3 is 2.96 bits per heavy atom. The number of nitrogens with zero attached hydrogens (tertiary/aromatic N) is 2. The van der Waals surface area contributed by atoms with Crippen LogP contribution in [0.15, 0.2) is 42.6 Å². The average molecular weight is 323 g/mol. The minimum absolute atomic E-state index is 0.00111. The number of likely N-dealkylation sites (tertiary alicyclic amines) is 1. The van der Waals surface area contributed by atoms with Crippen molar-refractivity contribution in [2.45, 2.75) is 31.8 Å². The van der Waals surface area contributed by atoms with E-state index in [1.165, 1.54) is 10.6 Å². The summed E-state index contributed by atoms with van der Waals surface area (Å²) in [7, 11) is 2.06. The lowest BCUT2D eigenvalue weighted by Crippen LogP contribution is -3.15. The average Bonchev–Trinajstić information content (AvgIpc) is 3.22. The number of carbonyl (C=O) groups is 1. The Kier molecular flexibility index (Phi) is 4.68. The zero-order valence-corrected chi connectivity index (χ0v) is 14.1. The van der Waals surface area contributed by atoms with E-state index < -0.39 is 0 Å². The summed E-state index contributed by atoms with van der Waals surface area (Å²) in [5, 5.41) is 11.9. The fourth-order valence-corrected chi connectivity index (χ4v) is 3.65. The van der Waals surface area contributed by atoms with Gasteiger partial charge >= 0.3 is 0 Å². The van der Waals surface area contributed by atoms with Crippen LogP contribution >= 0.6 is 0 Å². The number of aryl methyl sites for hydroxylation is 1. The van der Waals surface area contributed by atoms with Gasteiger partial charge in [-0.1, -0.05) is 6.07 Å². The molecule has 0 radical (unpaired) electrons. The van der Waals surface area contributed by atoms with Crippen LogP contribution in [0.4, 0.5) is 5.69 Å². The summed E-state index contributed by atoms with van der Waals surface area (Å²) in [5.74, 6) is 0.00111. The van der Waals surface area contributed by atoms with Crippen molar-refractivity contribution in [3.8, 4) is 6.07 Å². The summed E-state index contributed by atoms with van der Waals surface area (Å²) in [6, 6.07) is 13.6. The molecule has 2 heterocycles. The standard InChI is InChI=1S/C19H22N4O/c1-14(19(24)21-16-7-3-6-15(12-16)13-20)23-11-5-9-18(23)17-8-4-10-22(17)2/h3-4,6-8,10,12,14,18H,5,9,11H2,1-2H3,(H,21,24)/p+1/t14-,18-/m1/s1. The van der Waals surface area contributed by atoms with Crippen LogP contribution in [0.25, 0.3) is 0 Å². The smallest absolute Gasteiger partial charge is 0.282 e. The number of rotatable bonds is 4. The summed E-state index contributed by atoms with van der Waals surface area (Å²) in [4.78, 5) is 14.0. The fraction of sp³-hybridized carbons (Fsp3) is 0.368. The van der Waals surface area contributed by atoms with Crippen molar-refractivity contribution in [2.24, 2.45) is 7.05 Å². The van der Waals surface area contributed by atoms with E-state index in [-0.39, 0.29) is 11.9 Å². The number of amides is 1. The normalized spacial score (nSPS) is 21.2. The predicted molar refractivity (Wildman–Crippen MR) is 92.5 cm³/mol. The Bertz CT molecular complexity index is 774. The number of hydrogen-bond acceptors (Lipinski definition) is 2. The number of aromatic nitrogens is 1. The van der Waals surface area contributed by atoms with Gasteiger partial charge in [-0.25, -0.2) is 0 Å². The van der Waals surface area contributed by atoms with Gasteiger partial charge in [0.1, 0.15) is 6.04 Å². The Morgan fingerprint density at radius 1 is 1.42 bits per heavy atom. The molecule has 0 aliphatic carbocycles. The first-order valence-electron chi connectivity index (χ1n) is 8.38. The molecule has 0 bridgehead atoms. The molecule has 1 aromatic heterocycles. The second kappa shape index (κ2) is 6.90. The number of benzene rings is 1. The van der Waals surface area contributed by atoms with Gasteiger partial charge in [0.25, 0.3) is 5.91 Å². The van der Waals surface area contributed by atoms with E-state index in [1.54, 1.807) is 18.2 Å². The summed E-state index contributed by atoms with van der Waals surface area (Å²) in [5.41, 5.74) is 2.52. The lowest BCUT2D eigenvalue weighted by atomic mass is 10.1. The number of carbonyl (C=O) groups excluding carboxylic acids is 1. The molecule has 3 atom stereocenters. The third kappa shape index (κ3) is 3.19. The third-order valence-corrected chi connectivity index (χ3v) is 4.96. The first-order valence-corrected chi connectivity index (χ1v) is 8.38. The van der Waals surface area contributed by atoms with E-state index in [4.69, 9.17) is 5.26 Å². The van der Waals surface area contributed by atoms with Crippen molar-refractivity contribution in [1.29, 1.82) is 5.26 Å². The number of nitrogens with one attached hydrogen (secondary N) is 2. The van der Waals surface area contributed by atoms with Crippen LogP contribution in [-0.2, 0) is 11.8 Å². The predicted octanol–water partition coefficient (Wildman–Crippen LogP) is 1.64. The monoisotopic (exact) mass is 323 g/mol. The van der Waals surface area contributed by atoms with E-state index >= 15 is 0 Å². The lowest BCUT2D eigenvalue weighted by Gasteiger charge is -2.27. The molecule has 124 valence electrons. The number of anilines is 1. The number of nitriles is 1. The molecule has 2 N–H and O–H groups in total. The maximum Gasteiger partial charge on any atom is 0.282 e. The fourth-order valence-electron chi connectivity index (χ4n) is 3.65. The SMILES string of the molecule is C[C@H](C(=O)Nc1cccc(C#N)c1)[NH+]1CCC[C@@H]1c1cccn1C. The van der Waals surface area contributed by atoms with Gasteiger partial charge in [0.15, 0.2) is 6.04 Å². The minimum atomic E-state index is -0.141. The molecule has 1 unspecified atom stereocenters. The van der Waals surface area contributed by atoms with Crippen LogP contribution in [0.5, 0.6) is 0 Å². The van der Waals surface area contributed by atoms with E-state index in [2.05, 4.69) is 41.3 Å². The van der Waals surface area contributed by atoms with E-state index in [0.29, 0.717) is 17.3 Å². The topological polar surface area (TPSA) is 62.3 Å². The summed E-state index contributed by atoms with van der Waals surface area (Å²) >= 11 is 0. The quantitative estimate of drug-likeness (QED) is 0.898. The highest BCUT2D eigenvalue weighted by molar-refractivity contribution is 5.93. The van der Waals surface area contributed by atoms with Crippen LogP contribution in [-0.4, -0.2) is 23.1 Å². The molecule has 3 rings (SSSR count). The van der Waals surface area contributed by atoms with Crippen molar-refractivity contribution >= 4 is 11.6 Å². The van der Waals surface area contributed by atoms with Gasteiger partial charge < -0.3 is 14.8 Å². The second-order valence-corrected chi connectivity index (χ2v) is 6.47. The van der Waals surface area contributed by atoms with E-state index in [1.807, 2.05) is 13.0 Å². The van der Waals surface area contributed by atoms with Gasteiger partial charge in [-0.3, -0.25) is 4.79 Å². The maximum absolute atomic E-state index is 12.7. The van der Waals surface area contributed by atoms with E-state index in [9.17, 15) is 4.79 Å². The van der Waals surface area contributed by atoms with Crippen LogP contribution in [0.3, 0.4) is 0 Å². The zero-order chi connectivity index (χ0) is 17.1. The van der Waals surface area contributed by atoms with Gasteiger partial charge in [0, 0.05) is 31.8 Å². The zero-order valence-electron chi connectivity index (χ0n) is 14.1. The highest BCUT2D eigenvalue weighted by Gasteiger charge is 2.38. The molecule has 1 saturated heterocycles. The first kappa shape index (κ1) is 16.3. The molecule has 1 aliphatic rings. The van der Waals surface area contributed by atoms with Crippen LogP contribution < -0.4 is 10.2 Å². The summed E-state index contributed by atoms with van der Waals surface area (Å²) in [6.07, 6.45) is 4.30. The molecule has 5 nitrogen and oxygen atoms in total. The van der Waals surface area contributed by atoms with Gasteiger partial charge in [-0.15, -0.1) is 0 Å². The lowest BCUT2D eigenvalue weighted by molar-refractivity contribution is -0.932. The molecular formula is C19H23N4O+. The van der Waals surface area contributed by atoms with Crippen LogP contribution in [0.1, 0.15) is 37.1 Å². The van der Waals surface area contributed by atoms with Gasteiger partial charge in [-0.05, 0) is 37.3 Å². The van der Waals surface area contributed by atoms with E-state index in [0.717, 1.165) is 19.4 Å². The van der Waals surface area contributed by atoms with Crippen LogP contribution in [0.2, 0.25) is 0 Å². The Hall–Kier alpha value is -2.58. The summed E-state index contributed by atoms with van der Waals surface area (Å²) < 4.78 is 2.15. The highest BCUT2D eigenvalue weighted by atomic mass is 16.2. The largest absolute Gasteiger partial charge is 0.350 e. The van der Waals surface area contributed by atoms with Crippen molar-refractivity contribution in [1.82, 2.24) is 4.57 Å². The molecule has 5 heteroatoms.